The van der Waals surface area contributed by atoms with E-state index in [1.54, 1.807) is 23.5 Å². The third kappa shape index (κ3) is 4.84. The van der Waals surface area contributed by atoms with Crippen LogP contribution < -0.4 is 10.1 Å². The van der Waals surface area contributed by atoms with E-state index in [4.69, 9.17) is 4.74 Å². The zero-order valence-corrected chi connectivity index (χ0v) is 18.6. The van der Waals surface area contributed by atoms with Crippen LogP contribution >= 0.6 is 0 Å². The fourth-order valence-electron chi connectivity index (χ4n) is 3.84. The van der Waals surface area contributed by atoms with Gasteiger partial charge >= 0.3 is 0 Å². The average molecular weight is 431 g/mol. The maximum absolute atomic E-state index is 13.0. The van der Waals surface area contributed by atoms with E-state index >= 15 is 0 Å². The Bertz CT molecular complexity index is 956. The SMILES string of the molecule is CC[C@@H](NC(=O)c1ccc(S(=O)(=O)N2CCCC[C@H]2C)cc1)c1ccc(OC)cc1. The Hall–Kier alpha value is -2.38. The van der Waals surface area contributed by atoms with Crippen LogP contribution in [0.3, 0.4) is 0 Å². The molecule has 1 amide bonds. The lowest BCUT2D eigenvalue weighted by Crippen LogP contribution is -2.41. The Kier molecular flexibility index (Phi) is 7.15. The molecule has 2 aromatic carbocycles. The molecule has 0 spiro atoms. The first kappa shape index (κ1) is 22.3. The normalized spacial score (nSPS) is 18.6. The monoisotopic (exact) mass is 430 g/mol. The molecule has 6 nitrogen and oxygen atoms in total. The second-order valence-electron chi connectivity index (χ2n) is 7.69. The fourth-order valence-corrected chi connectivity index (χ4v) is 5.54. The molecule has 0 aliphatic carbocycles. The largest absolute Gasteiger partial charge is 0.497 e. The van der Waals surface area contributed by atoms with Crippen LogP contribution in [0.25, 0.3) is 0 Å². The lowest BCUT2D eigenvalue weighted by atomic mass is 10.0. The number of ether oxygens (including phenoxy) is 1. The summed E-state index contributed by atoms with van der Waals surface area (Å²) < 4.78 is 32.7. The molecule has 7 heteroatoms. The van der Waals surface area contributed by atoms with E-state index in [0.29, 0.717) is 12.1 Å². The number of nitrogens with zero attached hydrogens (tertiary/aromatic N) is 1. The van der Waals surface area contributed by atoms with E-state index in [9.17, 15) is 13.2 Å². The number of methoxy groups -OCH3 is 1. The van der Waals surface area contributed by atoms with E-state index < -0.39 is 10.0 Å². The summed E-state index contributed by atoms with van der Waals surface area (Å²) in [6.45, 7) is 4.50. The van der Waals surface area contributed by atoms with Crippen LogP contribution in [-0.4, -0.2) is 38.3 Å². The van der Waals surface area contributed by atoms with Crippen molar-refractivity contribution >= 4 is 15.9 Å². The van der Waals surface area contributed by atoms with Gasteiger partial charge in [-0.25, -0.2) is 8.42 Å². The first-order valence-electron chi connectivity index (χ1n) is 10.4. The van der Waals surface area contributed by atoms with Gasteiger partial charge in [-0.15, -0.1) is 0 Å². The van der Waals surface area contributed by atoms with Crippen molar-refractivity contribution in [2.45, 2.75) is 56.5 Å². The van der Waals surface area contributed by atoms with Gasteiger partial charge in [0.1, 0.15) is 5.75 Å². The van der Waals surface area contributed by atoms with Crippen LogP contribution in [0.4, 0.5) is 0 Å². The van der Waals surface area contributed by atoms with Gasteiger partial charge in [-0.1, -0.05) is 25.5 Å². The minimum Gasteiger partial charge on any atom is -0.497 e. The van der Waals surface area contributed by atoms with Gasteiger partial charge in [0.25, 0.3) is 5.91 Å². The standard InChI is InChI=1S/C23H30N2O4S/c1-4-22(18-8-12-20(29-3)13-9-18)24-23(26)19-10-14-21(15-11-19)30(27,28)25-16-6-5-7-17(25)2/h8-15,17,22H,4-7,16H2,1-3H3,(H,24,26)/t17-,22-/m1/s1. The van der Waals surface area contributed by atoms with Crippen molar-refractivity contribution in [3.8, 4) is 5.75 Å². The molecule has 1 heterocycles. The smallest absolute Gasteiger partial charge is 0.251 e. The third-order valence-electron chi connectivity index (χ3n) is 5.70. The van der Waals surface area contributed by atoms with Crippen LogP contribution in [0.5, 0.6) is 5.75 Å². The summed E-state index contributed by atoms with van der Waals surface area (Å²) in [7, 11) is -1.93. The number of piperidine rings is 1. The van der Waals surface area contributed by atoms with E-state index in [1.165, 1.54) is 12.1 Å². The Morgan fingerprint density at radius 2 is 1.80 bits per heavy atom. The second-order valence-corrected chi connectivity index (χ2v) is 9.58. The van der Waals surface area contributed by atoms with Crippen molar-refractivity contribution in [1.29, 1.82) is 0 Å². The van der Waals surface area contributed by atoms with Gasteiger partial charge in [-0.05, 0) is 68.1 Å². The van der Waals surface area contributed by atoms with Gasteiger partial charge in [0.15, 0.2) is 0 Å². The van der Waals surface area contributed by atoms with Crippen LogP contribution in [0.15, 0.2) is 53.4 Å². The number of sulfonamides is 1. The van der Waals surface area contributed by atoms with E-state index in [0.717, 1.165) is 37.0 Å². The highest BCUT2D eigenvalue weighted by Gasteiger charge is 2.31. The quantitative estimate of drug-likeness (QED) is 0.716. The Morgan fingerprint density at radius 3 is 2.37 bits per heavy atom. The van der Waals surface area contributed by atoms with Crippen molar-refractivity contribution in [3.63, 3.8) is 0 Å². The number of amides is 1. The summed E-state index contributed by atoms with van der Waals surface area (Å²) in [5, 5.41) is 3.03. The van der Waals surface area contributed by atoms with Crippen molar-refractivity contribution < 1.29 is 17.9 Å². The van der Waals surface area contributed by atoms with E-state index in [2.05, 4.69) is 5.32 Å². The van der Waals surface area contributed by atoms with Gasteiger partial charge in [-0.2, -0.15) is 4.31 Å². The molecule has 2 aromatic rings. The van der Waals surface area contributed by atoms with Gasteiger partial charge < -0.3 is 10.1 Å². The maximum Gasteiger partial charge on any atom is 0.251 e. The Balaban J connectivity index is 1.72. The predicted molar refractivity (Wildman–Crippen MR) is 117 cm³/mol. The molecule has 30 heavy (non-hydrogen) atoms. The zero-order valence-electron chi connectivity index (χ0n) is 17.8. The number of benzene rings is 2. The number of carbonyl (C=O) groups excluding carboxylic acids is 1. The highest BCUT2D eigenvalue weighted by atomic mass is 32.2. The molecular weight excluding hydrogens is 400 g/mol. The molecule has 1 aliphatic heterocycles. The number of rotatable bonds is 7. The van der Waals surface area contributed by atoms with Gasteiger partial charge in [0.05, 0.1) is 18.0 Å². The minimum absolute atomic E-state index is 0.00142. The highest BCUT2D eigenvalue weighted by molar-refractivity contribution is 7.89. The summed E-state index contributed by atoms with van der Waals surface area (Å²) in [6.07, 6.45) is 3.55. The summed E-state index contributed by atoms with van der Waals surface area (Å²) in [5.74, 6) is 0.535. The number of hydrogen-bond donors (Lipinski definition) is 1. The predicted octanol–water partition coefficient (Wildman–Crippen LogP) is 4.14. The van der Waals surface area contributed by atoms with Crippen molar-refractivity contribution in [2.24, 2.45) is 0 Å². The molecule has 1 N–H and O–H groups in total. The molecule has 2 atom stereocenters. The van der Waals surface area contributed by atoms with E-state index in [-0.39, 0.29) is 22.9 Å². The van der Waals surface area contributed by atoms with Crippen molar-refractivity contribution in [3.05, 3.63) is 59.7 Å². The molecule has 1 aliphatic rings. The van der Waals surface area contributed by atoms with Crippen LogP contribution in [0.2, 0.25) is 0 Å². The Labute approximate surface area is 179 Å². The first-order chi connectivity index (χ1) is 14.4. The lowest BCUT2D eigenvalue weighted by Gasteiger charge is -2.32. The lowest BCUT2D eigenvalue weighted by molar-refractivity contribution is 0.0935. The fraction of sp³-hybridized carbons (Fsp3) is 0.435. The molecule has 162 valence electrons. The zero-order chi connectivity index (χ0) is 21.7. The molecule has 0 saturated carbocycles. The van der Waals surface area contributed by atoms with Crippen molar-refractivity contribution in [2.75, 3.05) is 13.7 Å². The summed E-state index contributed by atoms with van der Waals surface area (Å²) in [6, 6.07) is 13.7. The molecule has 1 fully saturated rings. The van der Waals surface area contributed by atoms with Crippen LogP contribution in [0, 0.1) is 0 Å². The molecule has 0 aromatic heterocycles. The summed E-state index contributed by atoms with van der Waals surface area (Å²) >= 11 is 0. The summed E-state index contributed by atoms with van der Waals surface area (Å²) in [5.41, 5.74) is 1.43. The van der Waals surface area contributed by atoms with Gasteiger partial charge in [0.2, 0.25) is 10.0 Å². The maximum atomic E-state index is 13.0. The number of nitrogens with one attached hydrogen (secondary N) is 1. The number of carbonyl (C=O) groups is 1. The van der Waals surface area contributed by atoms with E-state index in [1.807, 2.05) is 38.1 Å². The first-order valence-corrected chi connectivity index (χ1v) is 11.9. The van der Waals surface area contributed by atoms with Gasteiger partial charge in [-0.3, -0.25) is 4.79 Å². The molecule has 3 rings (SSSR count). The molecular formula is C23H30N2O4S. The molecule has 0 bridgehead atoms. The third-order valence-corrected chi connectivity index (χ3v) is 7.72. The highest BCUT2D eigenvalue weighted by Crippen LogP contribution is 2.26. The summed E-state index contributed by atoms with van der Waals surface area (Å²) in [4.78, 5) is 13.0. The average Bonchev–Trinajstić information content (AvgIpc) is 2.77. The topological polar surface area (TPSA) is 75.7 Å². The molecule has 1 saturated heterocycles. The van der Waals surface area contributed by atoms with Gasteiger partial charge in [0, 0.05) is 18.2 Å². The molecule has 0 radical (unpaired) electrons. The molecule has 0 unspecified atom stereocenters. The Morgan fingerprint density at radius 1 is 1.13 bits per heavy atom. The van der Waals surface area contributed by atoms with Crippen LogP contribution in [-0.2, 0) is 10.0 Å². The van der Waals surface area contributed by atoms with Crippen LogP contribution in [0.1, 0.15) is 61.5 Å². The number of hydrogen-bond acceptors (Lipinski definition) is 4. The van der Waals surface area contributed by atoms with Crippen molar-refractivity contribution in [1.82, 2.24) is 9.62 Å². The minimum atomic E-state index is -3.54. The second kappa shape index (κ2) is 9.62.